The highest BCUT2D eigenvalue weighted by Crippen LogP contribution is 2.29. The molecule has 1 aliphatic rings. The van der Waals surface area contributed by atoms with Gasteiger partial charge in [-0.1, -0.05) is 60.7 Å². The quantitative estimate of drug-likeness (QED) is 0.652. The molecule has 0 bridgehead atoms. The fraction of sp³-hybridized carbons (Fsp3) is 0.286. The average molecular weight is 415 g/mol. The standard InChI is InChI=1S/C21H22N2O2.BrH/c24-21-20-18(12-7-13-19(20)25-23-21)22-14-17(15-8-3-1-4-9-15)16-10-5-2-6-11-16;/h1-6,8-11,17-18,22H,7,12-14H2,(H,23,24);1H/t18-;/m1./s1. The van der Waals surface area contributed by atoms with Crippen LogP contribution in [0.4, 0.5) is 0 Å². The summed E-state index contributed by atoms with van der Waals surface area (Å²) in [6.07, 6.45) is 2.84. The third-order valence-electron chi connectivity index (χ3n) is 5.03. The van der Waals surface area contributed by atoms with Crippen molar-refractivity contribution in [3.05, 3.63) is 93.5 Å². The number of H-pyrrole nitrogens is 1. The minimum Gasteiger partial charge on any atom is -0.383 e. The number of hydrogen-bond acceptors (Lipinski definition) is 3. The van der Waals surface area contributed by atoms with E-state index in [1.165, 1.54) is 11.1 Å². The van der Waals surface area contributed by atoms with E-state index >= 15 is 0 Å². The Labute approximate surface area is 163 Å². The molecule has 5 heteroatoms. The van der Waals surface area contributed by atoms with E-state index in [1.54, 1.807) is 0 Å². The van der Waals surface area contributed by atoms with Gasteiger partial charge in [-0.2, -0.15) is 5.16 Å². The number of aryl methyl sites for hydroxylation is 1. The third-order valence-corrected chi connectivity index (χ3v) is 5.03. The third kappa shape index (κ3) is 3.84. The Morgan fingerprint density at radius 3 is 2.27 bits per heavy atom. The van der Waals surface area contributed by atoms with E-state index in [0.29, 0.717) is 0 Å². The maximum Gasteiger partial charge on any atom is 0.284 e. The molecule has 4 nitrogen and oxygen atoms in total. The number of fused-ring (bicyclic) bond motifs is 1. The topological polar surface area (TPSA) is 58.0 Å². The lowest BCUT2D eigenvalue weighted by atomic mass is 9.89. The first kappa shape index (κ1) is 18.7. The van der Waals surface area contributed by atoms with E-state index < -0.39 is 0 Å². The first-order valence-corrected chi connectivity index (χ1v) is 8.86. The zero-order valence-electron chi connectivity index (χ0n) is 14.5. The molecule has 0 fully saturated rings. The van der Waals surface area contributed by atoms with Crippen LogP contribution in [0.5, 0.6) is 0 Å². The lowest BCUT2D eigenvalue weighted by Crippen LogP contribution is -2.32. The zero-order valence-corrected chi connectivity index (χ0v) is 16.2. The normalized spacial score (nSPS) is 16.1. The molecule has 0 saturated carbocycles. The molecule has 1 heterocycles. The zero-order chi connectivity index (χ0) is 17.1. The van der Waals surface area contributed by atoms with Gasteiger partial charge in [0, 0.05) is 24.9 Å². The van der Waals surface area contributed by atoms with Crippen LogP contribution in [-0.4, -0.2) is 11.7 Å². The van der Waals surface area contributed by atoms with Crippen LogP contribution in [-0.2, 0) is 6.42 Å². The maximum absolute atomic E-state index is 12.1. The Kier molecular flexibility index (Phi) is 6.12. The Hall–Kier alpha value is -2.11. The van der Waals surface area contributed by atoms with Gasteiger partial charge in [0.1, 0.15) is 5.76 Å². The molecule has 1 aliphatic carbocycles. The molecule has 4 rings (SSSR count). The lowest BCUT2D eigenvalue weighted by Gasteiger charge is -2.25. The van der Waals surface area contributed by atoms with Crippen LogP contribution in [0.2, 0.25) is 0 Å². The summed E-state index contributed by atoms with van der Waals surface area (Å²) >= 11 is 0. The summed E-state index contributed by atoms with van der Waals surface area (Å²) in [6.45, 7) is 0.781. The Balaban J connectivity index is 0.00000196. The lowest BCUT2D eigenvalue weighted by molar-refractivity contribution is 0.352. The van der Waals surface area contributed by atoms with Gasteiger partial charge in [0.15, 0.2) is 0 Å². The minimum absolute atomic E-state index is 0. The molecule has 0 saturated heterocycles. The summed E-state index contributed by atoms with van der Waals surface area (Å²) in [5.41, 5.74) is 3.24. The highest BCUT2D eigenvalue weighted by molar-refractivity contribution is 8.93. The molecule has 0 spiro atoms. The summed E-state index contributed by atoms with van der Waals surface area (Å²) in [4.78, 5) is 12.1. The summed E-state index contributed by atoms with van der Waals surface area (Å²) in [7, 11) is 0. The number of rotatable bonds is 5. The summed E-state index contributed by atoms with van der Waals surface area (Å²) in [5, 5.41) is 6.11. The SMILES string of the molecule is Br.O=c1[nH]oc2c1[C@H](NCC(c1ccccc1)c1ccccc1)CCC2. The number of aromatic nitrogens is 1. The van der Waals surface area contributed by atoms with Crippen molar-refractivity contribution in [3.8, 4) is 0 Å². The van der Waals surface area contributed by atoms with Gasteiger partial charge in [-0.25, -0.2) is 0 Å². The van der Waals surface area contributed by atoms with Gasteiger partial charge >= 0.3 is 0 Å². The number of nitrogens with one attached hydrogen (secondary N) is 2. The molecule has 1 aromatic heterocycles. The van der Waals surface area contributed by atoms with Crippen molar-refractivity contribution in [2.45, 2.75) is 31.2 Å². The average Bonchev–Trinajstić information content (AvgIpc) is 3.06. The van der Waals surface area contributed by atoms with E-state index in [9.17, 15) is 4.79 Å². The van der Waals surface area contributed by atoms with Gasteiger partial charge in [0.25, 0.3) is 5.56 Å². The number of hydrogen-bond donors (Lipinski definition) is 2. The molecule has 2 N–H and O–H groups in total. The first-order chi connectivity index (χ1) is 12.3. The van der Waals surface area contributed by atoms with Gasteiger partial charge in [0.05, 0.1) is 5.56 Å². The molecule has 0 aliphatic heterocycles. The molecular weight excluding hydrogens is 392 g/mol. The Bertz CT molecular complexity index is 834. The van der Waals surface area contributed by atoms with Crippen molar-refractivity contribution < 1.29 is 4.52 Å². The largest absolute Gasteiger partial charge is 0.383 e. The van der Waals surface area contributed by atoms with Crippen LogP contribution < -0.4 is 10.9 Å². The van der Waals surface area contributed by atoms with Crippen LogP contribution >= 0.6 is 17.0 Å². The first-order valence-electron chi connectivity index (χ1n) is 8.86. The van der Waals surface area contributed by atoms with Gasteiger partial charge < -0.3 is 9.84 Å². The predicted molar refractivity (Wildman–Crippen MR) is 108 cm³/mol. The van der Waals surface area contributed by atoms with Crippen LogP contribution in [0, 0.1) is 0 Å². The molecule has 1 atom stereocenters. The van der Waals surface area contributed by atoms with Gasteiger partial charge in [0.2, 0.25) is 0 Å². The second kappa shape index (κ2) is 8.52. The van der Waals surface area contributed by atoms with Crippen molar-refractivity contribution in [2.75, 3.05) is 6.54 Å². The maximum atomic E-state index is 12.1. The number of benzene rings is 2. The van der Waals surface area contributed by atoms with Crippen LogP contribution in [0.15, 0.2) is 70.0 Å². The second-order valence-corrected chi connectivity index (χ2v) is 6.60. The van der Waals surface area contributed by atoms with E-state index in [2.05, 4.69) is 59.0 Å². The van der Waals surface area contributed by atoms with Crippen LogP contribution in [0.25, 0.3) is 0 Å². The second-order valence-electron chi connectivity index (χ2n) is 6.60. The Morgan fingerprint density at radius 1 is 1.04 bits per heavy atom. The fourth-order valence-electron chi connectivity index (χ4n) is 3.76. The monoisotopic (exact) mass is 414 g/mol. The van der Waals surface area contributed by atoms with E-state index in [-0.39, 0.29) is 34.5 Å². The van der Waals surface area contributed by atoms with E-state index in [1.807, 2.05) is 12.1 Å². The molecule has 0 unspecified atom stereocenters. The van der Waals surface area contributed by atoms with Gasteiger partial charge in [-0.15, -0.1) is 17.0 Å². The number of halogens is 1. The van der Waals surface area contributed by atoms with Crippen LogP contribution in [0.3, 0.4) is 0 Å². The summed E-state index contributed by atoms with van der Waals surface area (Å²) in [5.74, 6) is 1.06. The van der Waals surface area contributed by atoms with Crippen LogP contribution in [0.1, 0.15) is 47.3 Å². The minimum atomic E-state index is -0.0943. The fourth-order valence-corrected chi connectivity index (χ4v) is 3.76. The highest BCUT2D eigenvalue weighted by atomic mass is 79.9. The van der Waals surface area contributed by atoms with E-state index in [0.717, 1.165) is 37.1 Å². The molecule has 0 amide bonds. The molecule has 136 valence electrons. The molecule has 26 heavy (non-hydrogen) atoms. The molecule has 2 aromatic carbocycles. The van der Waals surface area contributed by atoms with Crippen molar-refractivity contribution >= 4 is 17.0 Å². The summed E-state index contributed by atoms with van der Waals surface area (Å²) in [6, 6.07) is 21.1. The Morgan fingerprint density at radius 2 is 1.65 bits per heavy atom. The van der Waals surface area contributed by atoms with E-state index in [4.69, 9.17) is 4.52 Å². The molecule has 0 radical (unpaired) electrons. The summed E-state index contributed by atoms with van der Waals surface area (Å²) < 4.78 is 5.32. The molecule has 3 aromatic rings. The predicted octanol–water partition coefficient (Wildman–Crippen LogP) is 4.34. The van der Waals surface area contributed by atoms with Crippen molar-refractivity contribution in [3.63, 3.8) is 0 Å². The van der Waals surface area contributed by atoms with Crippen molar-refractivity contribution in [2.24, 2.45) is 0 Å². The number of aromatic amines is 1. The smallest absolute Gasteiger partial charge is 0.284 e. The highest BCUT2D eigenvalue weighted by Gasteiger charge is 2.27. The van der Waals surface area contributed by atoms with Gasteiger partial charge in [-0.3, -0.25) is 4.79 Å². The van der Waals surface area contributed by atoms with Gasteiger partial charge in [-0.05, 0) is 24.0 Å². The van der Waals surface area contributed by atoms with Crippen molar-refractivity contribution in [1.29, 1.82) is 0 Å². The van der Waals surface area contributed by atoms with Crippen molar-refractivity contribution in [1.82, 2.24) is 10.5 Å². The molecular formula is C21H23BrN2O2.